The van der Waals surface area contributed by atoms with E-state index in [9.17, 15) is 33.6 Å². The highest BCUT2D eigenvalue weighted by molar-refractivity contribution is 9.10. The Hall–Kier alpha value is -5.60. The van der Waals surface area contributed by atoms with Gasteiger partial charge in [0.1, 0.15) is 64.2 Å². The number of amides is 3. The van der Waals surface area contributed by atoms with Crippen molar-refractivity contribution in [3.63, 3.8) is 0 Å². The van der Waals surface area contributed by atoms with Crippen LogP contribution in [0.2, 0.25) is 15.1 Å². The maximum atomic E-state index is 13.3. The van der Waals surface area contributed by atoms with Gasteiger partial charge in [-0.1, -0.05) is 34.8 Å². The first-order chi connectivity index (χ1) is 36.6. The number of nitrogen functional groups attached to an aromatic ring is 1. The van der Waals surface area contributed by atoms with Gasteiger partial charge >= 0.3 is 0 Å². The number of nitrogens with two attached hydrogens (primary N) is 2. The van der Waals surface area contributed by atoms with Crippen molar-refractivity contribution < 1.29 is 19.2 Å². The zero-order valence-electron chi connectivity index (χ0n) is 42.1. The lowest BCUT2D eigenvalue weighted by atomic mass is 9.91. The van der Waals surface area contributed by atoms with Crippen LogP contribution in [0.5, 0.6) is 0 Å². The van der Waals surface area contributed by atoms with Crippen molar-refractivity contribution in [2.75, 3.05) is 32.2 Å². The summed E-state index contributed by atoms with van der Waals surface area (Å²) in [4.78, 5) is 108. The van der Waals surface area contributed by atoms with Crippen LogP contribution < -0.4 is 44.1 Å². The molecule has 6 saturated heterocycles. The highest BCUT2D eigenvalue weighted by Gasteiger charge is 2.55. The molecule has 5 aromatic heterocycles. The molecular formula is C50H56Br2Cl3N15O7. The Morgan fingerprint density at radius 3 is 1.56 bits per heavy atom. The number of hydrogen-bond acceptors (Lipinski definition) is 16. The third-order valence-corrected chi connectivity index (χ3v) is 18.1. The molecule has 0 aliphatic carbocycles. The Labute approximate surface area is 473 Å². The van der Waals surface area contributed by atoms with E-state index in [1.165, 1.54) is 43.7 Å². The predicted octanol–water partition coefficient (Wildman–Crippen LogP) is 5.37. The summed E-state index contributed by atoms with van der Waals surface area (Å²) in [6.45, 7) is 0. The Kier molecular flexibility index (Phi) is 16.5. The van der Waals surface area contributed by atoms with Crippen LogP contribution in [0.15, 0.2) is 78.7 Å². The molecular weight excluding hydrogens is 1190 g/mol. The average molecular weight is 1250 g/mol. The minimum Gasteiger partial charge on any atom is -0.384 e. The van der Waals surface area contributed by atoms with Gasteiger partial charge in [0.25, 0.3) is 34.4 Å². The van der Waals surface area contributed by atoms with Crippen molar-refractivity contribution in [3.8, 4) is 0 Å². The molecule has 5 aromatic rings. The number of halogens is 5. The monoisotopic (exact) mass is 1240 g/mol. The molecule has 77 heavy (non-hydrogen) atoms. The number of primary amides is 1. The molecule has 27 heteroatoms. The van der Waals surface area contributed by atoms with Gasteiger partial charge in [0.2, 0.25) is 0 Å². The molecule has 6 bridgehead atoms. The predicted molar refractivity (Wildman–Crippen MR) is 296 cm³/mol. The van der Waals surface area contributed by atoms with Crippen LogP contribution in [0, 0.1) is 0 Å². The molecule has 6 unspecified atom stereocenters. The topological polar surface area (TPSA) is 295 Å². The number of Topliss-reactive ketones (excluding diaryl/α,β-unsaturated/α-hetero) is 1. The molecule has 0 saturated carbocycles. The Morgan fingerprint density at radius 2 is 1.10 bits per heavy atom. The van der Waals surface area contributed by atoms with E-state index in [1.807, 2.05) is 0 Å². The summed E-state index contributed by atoms with van der Waals surface area (Å²) in [6, 6.07) is 10.3. The highest BCUT2D eigenvalue weighted by atomic mass is 79.9. The number of anilines is 3. The number of aromatic nitrogens is 7. The largest absolute Gasteiger partial charge is 0.384 e. The molecule has 8 N–H and O–H groups in total. The molecule has 13 rings (SSSR count). The number of nitrogens with zero attached hydrogens (tertiary/aromatic N) is 9. The molecule has 22 nitrogen and oxygen atoms in total. The van der Waals surface area contributed by atoms with Crippen LogP contribution in [0.3, 0.4) is 0 Å². The summed E-state index contributed by atoms with van der Waals surface area (Å²) in [6.07, 6.45) is 17.4. The van der Waals surface area contributed by atoms with E-state index in [2.05, 4.69) is 109 Å². The number of nitrogens with one attached hydrogen (secondary N) is 4. The summed E-state index contributed by atoms with van der Waals surface area (Å²) < 4.78 is 3.84. The Morgan fingerprint density at radius 1 is 0.649 bits per heavy atom. The molecule has 408 valence electrons. The van der Waals surface area contributed by atoms with Gasteiger partial charge < -0.3 is 42.2 Å². The number of rotatable bonds is 3. The maximum absolute atomic E-state index is 13.3. The first kappa shape index (κ1) is 56.1. The summed E-state index contributed by atoms with van der Waals surface area (Å²) >= 11 is 24.4. The van der Waals surface area contributed by atoms with Gasteiger partial charge in [-0.25, -0.2) is 19.9 Å². The van der Waals surface area contributed by atoms with Crippen molar-refractivity contribution in [1.82, 2.24) is 59.4 Å². The summed E-state index contributed by atoms with van der Waals surface area (Å²) in [7, 11) is 6.40. The minimum absolute atomic E-state index is 0.0788. The van der Waals surface area contributed by atoms with Crippen LogP contribution in [-0.2, 0) is 16.1 Å². The lowest BCUT2D eigenvalue weighted by molar-refractivity contribution is -0.123. The van der Waals surface area contributed by atoms with Gasteiger partial charge in [0, 0.05) is 87.2 Å². The van der Waals surface area contributed by atoms with Crippen LogP contribution in [0.1, 0.15) is 109 Å². The molecule has 2 spiro atoms. The van der Waals surface area contributed by atoms with Crippen molar-refractivity contribution in [2.24, 2.45) is 5.73 Å². The van der Waals surface area contributed by atoms with Crippen molar-refractivity contribution in [1.29, 1.82) is 0 Å². The highest BCUT2D eigenvalue weighted by Crippen LogP contribution is 2.47. The van der Waals surface area contributed by atoms with Crippen LogP contribution >= 0.6 is 66.7 Å². The zero-order valence-corrected chi connectivity index (χ0v) is 47.5. The number of ketones is 1. The zero-order chi connectivity index (χ0) is 55.2. The number of carbonyl (C=O) groups is 4. The second-order valence-corrected chi connectivity index (χ2v) is 23.4. The third kappa shape index (κ3) is 11.2. The number of hydrogen-bond donors (Lipinski definition) is 6. The van der Waals surface area contributed by atoms with Gasteiger partial charge in [-0.3, -0.25) is 47.6 Å². The van der Waals surface area contributed by atoms with Crippen LogP contribution in [0.25, 0.3) is 0 Å². The Balaban J connectivity index is 0.000000127. The van der Waals surface area contributed by atoms with Crippen molar-refractivity contribution in [3.05, 3.63) is 128 Å². The van der Waals surface area contributed by atoms with Crippen molar-refractivity contribution in [2.45, 2.75) is 125 Å². The first-order valence-electron chi connectivity index (χ1n) is 24.9. The van der Waals surface area contributed by atoms with Gasteiger partial charge in [-0.15, -0.1) is 0 Å². The summed E-state index contributed by atoms with van der Waals surface area (Å²) in [5.74, 6) is 0.196. The van der Waals surface area contributed by atoms with Gasteiger partial charge in [-0.05, 0) is 122 Å². The quantitative estimate of drug-likeness (QED) is 0.132. The molecule has 0 aromatic carbocycles. The van der Waals surface area contributed by atoms with Crippen molar-refractivity contribution >= 4 is 107 Å². The van der Waals surface area contributed by atoms with Crippen LogP contribution in [0.4, 0.5) is 17.3 Å². The number of piperidine rings is 3. The standard InChI is InChI=1S/C18H19ClN6O2.C14H15BrClN3O2.C8H13NO.C6H4BrClN2O2.C4H5N3/c1-24-10-2-3-11(24)8-18(7-10)23-16(26)15-12(19)6-13(17(27)25(15)18)22-14-4-5-20-9-21-14;1-18-7-2-3-8(18)6-14(5-7)17-12(20)11-10(16)4-9(15)13(21)19(11)14;1-9-6-2-3-7(9)5-8(10)4-6;7-2-1-3(8)4(5(9)11)10-6(2)12;5-4-1-2-6-3-7-4/h4-6,9-11H,2-3,7-8H2,1H3,(H,23,26)(H,20,21,22);4,7-8H,2-3,5-6H2,1H3,(H,17,20);6-7H,2-5H2,1H3;1H,(H2,9,11)(H,10,12);1-3H,(H2,5,6,7). The summed E-state index contributed by atoms with van der Waals surface area (Å²) in [5, 5.41) is 9.85. The van der Waals surface area contributed by atoms with E-state index >= 15 is 0 Å². The molecule has 13 heterocycles. The molecule has 6 fully saturated rings. The van der Waals surface area contributed by atoms with Gasteiger partial charge in [-0.2, -0.15) is 0 Å². The van der Waals surface area contributed by atoms with Crippen LogP contribution in [-0.4, -0.2) is 130 Å². The lowest BCUT2D eigenvalue weighted by Gasteiger charge is -2.43. The maximum Gasteiger partial charge on any atom is 0.276 e. The van der Waals surface area contributed by atoms with Gasteiger partial charge in [0.15, 0.2) is 0 Å². The number of fused-ring (bicyclic) bond motifs is 10. The first-order valence-corrected chi connectivity index (χ1v) is 27.6. The minimum atomic E-state index is -0.760. The van der Waals surface area contributed by atoms with E-state index in [0.29, 0.717) is 87.4 Å². The fourth-order valence-corrected chi connectivity index (χ4v) is 14.0. The van der Waals surface area contributed by atoms with E-state index in [1.54, 1.807) is 33.7 Å². The van der Waals surface area contributed by atoms with Gasteiger partial charge in [0.05, 0.1) is 24.0 Å². The second-order valence-electron chi connectivity index (χ2n) is 20.5. The smallest absolute Gasteiger partial charge is 0.276 e. The fraction of sp³-hybridized carbons (Fsp3) is 0.460. The fourth-order valence-electron chi connectivity index (χ4n) is 12.2. The second kappa shape index (κ2) is 22.6. The normalized spacial score (nSPS) is 27.1. The molecule has 0 radical (unpaired) electrons. The number of carbonyl (C=O) groups excluding carboxylic acids is 4. The lowest BCUT2D eigenvalue weighted by Crippen LogP contribution is -2.57. The average Bonchev–Trinajstić information content (AvgIpc) is 4.17. The number of pyridine rings is 3. The Bertz CT molecular complexity index is 3270. The number of aromatic amines is 1. The third-order valence-electron chi connectivity index (χ3n) is 16.1. The van der Waals surface area contributed by atoms with E-state index in [0.717, 1.165) is 51.4 Å². The van der Waals surface area contributed by atoms with E-state index < -0.39 is 22.8 Å². The van der Waals surface area contributed by atoms with E-state index in [-0.39, 0.29) is 48.8 Å². The molecule has 6 atom stereocenters. The summed E-state index contributed by atoms with van der Waals surface area (Å²) in [5.41, 5.74) is 8.68. The molecule has 3 amide bonds. The number of H-pyrrole nitrogens is 1. The molecule has 8 aliphatic rings. The molecule has 8 aliphatic heterocycles. The SMILES string of the molecule is CN1C2CCC1CC(=O)C2.CN1C2CCC1CC1(C2)NC(=O)c2c(Cl)cc(Br)c(=O)n21.CN1C2CCC1CC1(C2)NC(=O)c2c(Cl)cc(Nc3ccncn3)c(=O)n21.NC(=O)c1[nH]c(=O)c(Br)cc1Cl.Nc1ccncn1. The van der Waals surface area contributed by atoms with E-state index in [4.69, 9.17) is 46.3 Å².